The van der Waals surface area contributed by atoms with Crippen LogP contribution in [-0.2, 0) is 4.79 Å². The van der Waals surface area contributed by atoms with Crippen molar-refractivity contribution in [1.29, 1.82) is 0 Å². The molecule has 7 heteroatoms. The molecule has 1 aliphatic carbocycles. The van der Waals surface area contributed by atoms with Crippen molar-refractivity contribution in [3.8, 4) is 0 Å². The number of anilines is 1. The van der Waals surface area contributed by atoms with E-state index in [4.69, 9.17) is 0 Å². The van der Waals surface area contributed by atoms with Crippen LogP contribution < -0.4 is 10.2 Å². The van der Waals surface area contributed by atoms with Crippen LogP contribution in [0.3, 0.4) is 0 Å². The topological polar surface area (TPSA) is 78.4 Å². The van der Waals surface area contributed by atoms with Gasteiger partial charge in [0.2, 0.25) is 5.91 Å². The largest absolute Gasteiger partial charge is 0.354 e. The highest BCUT2D eigenvalue weighted by Gasteiger charge is 2.25. The Hall–Kier alpha value is -2.18. The molecule has 136 valence electrons. The molecule has 1 saturated heterocycles. The van der Waals surface area contributed by atoms with Crippen molar-refractivity contribution >= 4 is 17.6 Å². The van der Waals surface area contributed by atoms with Gasteiger partial charge in [0.05, 0.1) is 0 Å². The molecule has 1 saturated carbocycles. The quantitative estimate of drug-likeness (QED) is 0.894. The Morgan fingerprint density at radius 2 is 1.80 bits per heavy atom. The lowest BCUT2D eigenvalue weighted by atomic mass is 9.86. The van der Waals surface area contributed by atoms with E-state index in [2.05, 4.69) is 20.4 Å². The molecule has 0 atom stereocenters. The molecule has 0 bridgehead atoms. The van der Waals surface area contributed by atoms with Crippen LogP contribution in [-0.4, -0.2) is 60.1 Å². The van der Waals surface area contributed by atoms with Gasteiger partial charge in [-0.25, -0.2) is 0 Å². The van der Waals surface area contributed by atoms with Crippen LogP contribution >= 0.6 is 0 Å². The Labute approximate surface area is 148 Å². The van der Waals surface area contributed by atoms with Gasteiger partial charge in [-0.2, -0.15) is 0 Å². The number of nitrogens with one attached hydrogen (secondary N) is 1. The van der Waals surface area contributed by atoms with Gasteiger partial charge in [-0.3, -0.25) is 9.59 Å². The van der Waals surface area contributed by atoms with E-state index in [-0.39, 0.29) is 5.91 Å². The summed E-state index contributed by atoms with van der Waals surface area (Å²) in [7, 11) is 1.57. The van der Waals surface area contributed by atoms with E-state index in [1.165, 1.54) is 32.1 Å². The Morgan fingerprint density at radius 3 is 2.40 bits per heavy atom. The molecular weight excluding hydrogens is 318 g/mol. The lowest BCUT2D eigenvalue weighted by Gasteiger charge is -2.36. The number of carbonyl (C=O) groups excluding carboxylic acids is 2. The molecule has 2 heterocycles. The number of amides is 2. The summed E-state index contributed by atoms with van der Waals surface area (Å²) >= 11 is 0. The number of piperazine rings is 1. The maximum absolute atomic E-state index is 12.5. The molecule has 0 aromatic carbocycles. The molecule has 25 heavy (non-hydrogen) atoms. The number of aromatic nitrogens is 2. The second-order valence-corrected chi connectivity index (χ2v) is 6.93. The van der Waals surface area contributed by atoms with E-state index >= 15 is 0 Å². The van der Waals surface area contributed by atoms with E-state index in [0.29, 0.717) is 23.9 Å². The average molecular weight is 345 g/mol. The molecule has 1 N–H and O–H groups in total. The van der Waals surface area contributed by atoms with Crippen LogP contribution in [0.1, 0.15) is 49.0 Å². The van der Waals surface area contributed by atoms with Gasteiger partial charge in [-0.05, 0) is 30.9 Å². The summed E-state index contributed by atoms with van der Waals surface area (Å²) in [5, 5.41) is 10.7. The summed E-state index contributed by atoms with van der Waals surface area (Å²) in [5.41, 5.74) is 0.313. The van der Waals surface area contributed by atoms with Gasteiger partial charge in [0, 0.05) is 39.6 Å². The minimum Gasteiger partial charge on any atom is -0.354 e. The zero-order chi connectivity index (χ0) is 17.6. The van der Waals surface area contributed by atoms with E-state index in [0.717, 1.165) is 32.0 Å². The van der Waals surface area contributed by atoms with Gasteiger partial charge in [0.15, 0.2) is 11.5 Å². The van der Waals surface area contributed by atoms with Crippen molar-refractivity contribution in [2.45, 2.75) is 38.5 Å². The van der Waals surface area contributed by atoms with E-state index in [1.807, 2.05) is 11.0 Å². The van der Waals surface area contributed by atoms with Crippen LogP contribution in [0.5, 0.6) is 0 Å². The van der Waals surface area contributed by atoms with E-state index in [9.17, 15) is 9.59 Å². The summed E-state index contributed by atoms with van der Waals surface area (Å²) in [6, 6.07) is 3.50. The van der Waals surface area contributed by atoms with Gasteiger partial charge < -0.3 is 15.1 Å². The Morgan fingerprint density at radius 1 is 1.08 bits per heavy atom. The molecule has 2 fully saturated rings. The van der Waals surface area contributed by atoms with Gasteiger partial charge in [-0.1, -0.05) is 19.3 Å². The van der Waals surface area contributed by atoms with Crippen molar-refractivity contribution < 1.29 is 9.59 Å². The molecule has 0 unspecified atom stereocenters. The number of nitrogens with zero attached hydrogens (tertiary/aromatic N) is 4. The van der Waals surface area contributed by atoms with Crippen molar-refractivity contribution in [3.05, 3.63) is 17.8 Å². The number of hydrogen-bond acceptors (Lipinski definition) is 5. The summed E-state index contributed by atoms with van der Waals surface area (Å²) in [6.07, 6.45) is 6.99. The van der Waals surface area contributed by atoms with Crippen LogP contribution in [0, 0.1) is 5.92 Å². The zero-order valence-electron chi connectivity index (χ0n) is 14.9. The molecule has 7 nitrogen and oxygen atoms in total. The second kappa shape index (κ2) is 8.27. The number of carbonyl (C=O) groups is 2. The second-order valence-electron chi connectivity index (χ2n) is 6.93. The first-order chi connectivity index (χ1) is 12.2. The number of rotatable bonds is 4. The predicted octanol–water partition coefficient (Wildman–Crippen LogP) is 1.46. The molecule has 1 aromatic rings. The summed E-state index contributed by atoms with van der Waals surface area (Å²) in [6.45, 7) is 2.96. The van der Waals surface area contributed by atoms with Crippen molar-refractivity contribution in [2.24, 2.45) is 5.92 Å². The highest BCUT2D eigenvalue weighted by atomic mass is 16.2. The van der Waals surface area contributed by atoms with Gasteiger partial charge >= 0.3 is 0 Å². The van der Waals surface area contributed by atoms with Crippen molar-refractivity contribution in [2.75, 3.05) is 38.1 Å². The normalized spacial score (nSPS) is 18.9. The maximum atomic E-state index is 12.5. The van der Waals surface area contributed by atoms with Crippen LogP contribution in [0.15, 0.2) is 12.1 Å². The molecule has 2 amide bonds. The third-order valence-corrected chi connectivity index (χ3v) is 5.25. The van der Waals surface area contributed by atoms with Gasteiger partial charge in [0.1, 0.15) is 0 Å². The Kier molecular flexibility index (Phi) is 5.83. The highest BCUT2D eigenvalue weighted by Crippen LogP contribution is 2.27. The summed E-state index contributed by atoms with van der Waals surface area (Å²) < 4.78 is 0. The molecule has 1 aliphatic heterocycles. The SMILES string of the molecule is CNC(=O)c1ccc(N2CCN(C(=O)CC3CCCCC3)CC2)nn1. The first-order valence-electron chi connectivity index (χ1n) is 9.26. The van der Waals surface area contributed by atoms with Crippen molar-refractivity contribution in [3.63, 3.8) is 0 Å². The third-order valence-electron chi connectivity index (χ3n) is 5.25. The minimum atomic E-state index is -0.239. The average Bonchev–Trinajstić information content (AvgIpc) is 2.68. The van der Waals surface area contributed by atoms with Gasteiger partial charge in [-0.15, -0.1) is 10.2 Å². The lowest BCUT2D eigenvalue weighted by molar-refractivity contribution is -0.132. The Bertz CT molecular complexity index is 590. The molecular formula is C18H27N5O2. The highest BCUT2D eigenvalue weighted by molar-refractivity contribution is 5.91. The fourth-order valence-corrected chi connectivity index (χ4v) is 3.70. The van der Waals surface area contributed by atoms with E-state index in [1.54, 1.807) is 13.1 Å². The smallest absolute Gasteiger partial charge is 0.271 e. The lowest BCUT2D eigenvalue weighted by Crippen LogP contribution is -2.49. The summed E-state index contributed by atoms with van der Waals surface area (Å²) in [4.78, 5) is 28.1. The Balaban J connectivity index is 1.49. The zero-order valence-corrected chi connectivity index (χ0v) is 14.9. The predicted molar refractivity (Wildman–Crippen MR) is 95.4 cm³/mol. The van der Waals surface area contributed by atoms with Gasteiger partial charge in [0.25, 0.3) is 5.91 Å². The first-order valence-corrected chi connectivity index (χ1v) is 9.26. The maximum Gasteiger partial charge on any atom is 0.271 e. The monoisotopic (exact) mass is 345 g/mol. The molecule has 2 aliphatic rings. The minimum absolute atomic E-state index is 0.239. The van der Waals surface area contributed by atoms with Crippen molar-refractivity contribution in [1.82, 2.24) is 20.4 Å². The number of hydrogen-bond donors (Lipinski definition) is 1. The molecule has 3 rings (SSSR count). The molecule has 0 radical (unpaired) electrons. The molecule has 0 spiro atoms. The van der Waals surface area contributed by atoms with E-state index < -0.39 is 0 Å². The molecule has 1 aromatic heterocycles. The standard InChI is InChI=1S/C18H27N5O2/c1-19-18(25)15-7-8-16(21-20-15)22-9-11-23(12-10-22)17(24)13-14-5-3-2-4-6-14/h7-8,14H,2-6,9-13H2,1H3,(H,19,25). The third kappa shape index (κ3) is 4.46. The fraction of sp³-hybridized carbons (Fsp3) is 0.667. The van der Waals surface area contributed by atoms with Crippen LogP contribution in [0.4, 0.5) is 5.82 Å². The summed E-state index contributed by atoms with van der Waals surface area (Å²) in [5.74, 6) is 1.40. The van der Waals surface area contributed by atoms with Crippen LogP contribution in [0.2, 0.25) is 0 Å². The van der Waals surface area contributed by atoms with Crippen LogP contribution in [0.25, 0.3) is 0 Å². The first kappa shape index (κ1) is 17.6. The fourth-order valence-electron chi connectivity index (χ4n) is 3.70.